The van der Waals surface area contributed by atoms with E-state index in [2.05, 4.69) is 0 Å². The summed E-state index contributed by atoms with van der Waals surface area (Å²) in [6.45, 7) is 0.698. The molecule has 4 heteroatoms. The van der Waals surface area contributed by atoms with E-state index in [9.17, 15) is 9.90 Å². The Hall–Kier alpha value is -1.71. The summed E-state index contributed by atoms with van der Waals surface area (Å²) in [7, 11) is 0. The molecule has 1 saturated carbocycles. The summed E-state index contributed by atoms with van der Waals surface area (Å²) in [6.07, 6.45) is 2.64. The number of ether oxygens (including phenoxy) is 1. The molecule has 2 fully saturated rings. The van der Waals surface area contributed by atoms with Crippen molar-refractivity contribution < 1.29 is 14.6 Å². The van der Waals surface area contributed by atoms with Crippen molar-refractivity contribution in [2.75, 3.05) is 11.4 Å². The molecule has 0 atom stereocenters. The van der Waals surface area contributed by atoms with Gasteiger partial charge >= 0.3 is 6.09 Å². The van der Waals surface area contributed by atoms with Crippen molar-refractivity contribution in [3.05, 3.63) is 24.3 Å². The number of nitrogens with zero attached hydrogens (tertiary/aromatic N) is 1. The molecule has 16 heavy (non-hydrogen) atoms. The van der Waals surface area contributed by atoms with Crippen molar-refractivity contribution in [1.82, 2.24) is 0 Å². The molecule has 1 amide bonds. The largest absolute Gasteiger partial charge is 0.508 e. The first-order valence-electron chi connectivity index (χ1n) is 5.48. The number of phenols is 1. The maximum atomic E-state index is 11.8. The standard InChI is InChI=1S/C12H13NO3/c14-10-3-1-9(2-4-10)13-8-7-12(5-6-12)16-11(13)15/h1-4,14H,5-8H2. The highest BCUT2D eigenvalue weighted by Gasteiger charge is 2.50. The van der Waals surface area contributed by atoms with Crippen LogP contribution in [0.1, 0.15) is 19.3 Å². The average molecular weight is 219 g/mol. The molecule has 4 nitrogen and oxygen atoms in total. The van der Waals surface area contributed by atoms with Crippen molar-refractivity contribution in [2.24, 2.45) is 0 Å². The van der Waals surface area contributed by atoms with Gasteiger partial charge in [0.2, 0.25) is 0 Å². The number of amides is 1. The Morgan fingerprint density at radius 3 is 2.44 bits per heavy atom. The Bertz CT molecular complexity index is 422. The molecule has 1 aliphatic carbocycles. The summed E-state index contributed by atoms with van der Waals surface area (Å²) >= 11 is 0. The molecule has 1 N–H and O–H groups in total. The molecule has 1 aromatic carbocycles. The number of carbonyl (C=O) groups is 1. The van der Waals surface area contributed by atoms with Crippen LogP contribution in [0.3, 0.4) is 0 Å². The van der Waals surface area contributed by atoms with Gasteiger partial charge in [0.1, 0.15) is 11.4 Å². The first kappa shape index (κ1) is 9.51. The number of rotatable bonds is 1. The van der Waals surface area contributed by atoms with Crippen LogP contribution in [0.5, 0.6) is 5.75 Å². The lowest BCUT2D eigenvalue weighted by Gasteiger charge is -2.31. The summed E-state index contributed by atoms with van der Waals surface area (Å²) in [4.78, 5) is 13.4. The third-order valence-electron chi connectivity index (χ3n) is 3.28. The van der Waals surface area contributed by atoms with Crippen LogP contribution in [0.15, 0.2) is 24.3 Å². The van der Waals surface area contributed by atoms with Gasteiger partial charge in [0.15, 0.2) is 0 Å². The number of hydrogen-bond donors (Lipinski definition) is 1. The molecule has 1 heterocycles. The predicted molar refractivity (Wildman–Crippen MR) is 58.5 cm³/mol. The molecule has 3 rings (SSSR count). The van der Waals surface area contributed by atoms with Gasteiger partial charge in [-0.1, -0.05) is 0 Å². The summed E-state index contributed by atoms with van der Waals surface area (Å²) in [6, 6.07) is 6.59. The fourth-order valence-corrected chi connectivity index (χ4v) is 2.06. The van der Waals surface area contributed by atoms with E-state index in [4.69, 9.17) is 4.74 Å². The maximum absolute atomic E-state index is 11.8. The number of benzene rings is 1. The molecule has 1 aromatic rings. The molecule has 84 valence electrons. The molecule has 1 aliphatic heterocycles. The van der Waals surface area contributed by atoms with E-state index in [1.54, 1.807) is 29.2 Å². The van der Waals surface area contributed by atoms with Gasteiger partial charge in [0.25, 0.3) is 0 Å². The average Bonchev–Trinajstić information content (AvgIpc) is 3.00. The molecule has 0 unspecified atom stereocenters. The van der Waals surface area contributed by atoms with E-state index in [1.807, 2.05) is 0 Å². The molecule has 2 aliphatic rings. The van der Waals surface area contributed by atoms with Crippen LogP contribution in [0.2, 0.25) is 0 Å². The maximum Gasteiger partial charge on any atom is 0.414 e. The second-order valence-electron chi connectivity index (χ2n) is 4.47. The number of hydrogen-bond acceptors (Lipinski definition) is 3. The smallest absolute Gasteiger partial charge is 0.414 e. The van der Waals surface area contributed by atoms with Gasteiger partial charge in [-0.15, -0.1) is 0 Å². The zero-order valence-electron chi connectivity index (χ0n) is 8.85. The lowest BCUT2D eigenvalue weighted by atomic mass is 10.2. The lowest BCUT2D eigenvalue weighted by molar-refractivity contribution is 0.0683. The quantitative estimate of drug-likeness (QED) is 0.788. The van der Waals surface area contributed by atoms with Crippen LogP contribution in [0.4, 0.5) is 10.5 Å². The monoisotopic (exact) mass is 219 g/mol. The molecular formula is C12H13NO3. The Labute approximate surface area is 93.4 Å². The van der Waals surface area contributed by atoms with E-state index < -0.39 is 0 Å². The highest BCUT2D eigenvalue weighted by atomic mass is 16.6. The molecule has 1 saturated heterocycles. The topological polar surface area (TPSA) is 49.8 Å². The summed E-state index contributed by atoms with van der Waals surface area (Å²) in [5, 5.41) is 9.18. The molecule has 0 radical (unpaired) electrons. The van der Waals surface area contributed by atoms with Crippen molar-refractivity contribution >= 4 is 11.8 Å². The second-order valence-corrected chi connectivity index (χ2v) is 4.47. The van der Waals surface area contributed by atoms with E-state index in [1.165, 1.54) is 0 Å². The number of aromatic hydroxyl groups is 1. The number of carbonyl (C=O) groups excluding carboxylic acids is 1. The zero-order chi connectivity index (χ0) is 11.2. The summed E-state index contributed by atoms with van der Waals surface area (Å²) in [5.41, 5.74) is 0.642. The van der Waals surface area contributed by atoms with Gasteiger partial charge in [0, 0.05) is 18.7 Å². The van der Waals surface area contributed by atoms with Crippen LogP contribution in [-0.2, 0) is 4.74 Å². The van der Waals surface area contributed by atoms with Gasteiger partial charge < -0.3 is 9.84 Å². The fraction of sp³-hybridized carbons (Fsp3) is 0.417. The lowest BCUT2D eigenvalue weighted by Crippen LogP contribution is -2.43. The van der Waals surface area contributed by atoms with Crippen LogP contribution >= 0.6 is 0 Å². The zero-order valence-corrected chi connectivity index (χ0v) is 8.85. The predicted octanol–water partition coefficient (Wildman–Crippen LogP) is 2.27. The van der Waals surface area contributed by atoms with Gasteiger partial charge in [-0.05, 0) is 37.1 Å². The molecule has 0 bridgehead atoms. The summed E-state index contributed by atoms with van der Waals surface area (Å²) in [5.74, 6) is 0.202. The Kier molecular flexibility index (Phi) is 1.87. The van der Waals surface area contributed by atoms with Gasteiger partial charge in [0.05, 0.1) is 0 Å². The highest BCUT2D eigenvalue weighted by Crippen LogP contribution is 2.45. The van der Waals surface area contributed by atoms with E-state index in [-0.39, 0.29) is 17.4 Å². The summed E-state index contributed by atoms with van der Waals surface area (Å²) < 4.78 is 5.41. The minimum atomic E-state index is -0.269. The van der Waals surface area contributed by atoms with Gasteiger partial charge in [-0.25, -0.2) is 4.79 Å². The molecule has 1 spiro atoms. The highest BCUT2D eigenvalue weighted by molar-refractivity contribution is 5.88. The fourth-order valence-electron chi connectivity index (χ4n) is 2.06. The second kappa shape index (κ2) is 3.14. The minimum Gasteiger partial charge on any atom is -0.508 e. The van der Waals surface area contributed by atoms with Crippen molar-refractivity contribution in [3.63, 3.8) is 0 Å². The van der Waals surface area contributed by atoms with Crippen LogP contribution < -0.4 is 4.90 Å². The third-order valence-corrected chi connectivity index (χ3v) is 3.28. The van der Waals surface area contributed by atoms with Crippen molar-refractivity contribution in [2.45, 2.75) is 24.9 Å². The Balaban J connectivity index is 1.80. The van der Waals surface area contributed by atoms with Gasteiger partial charge in [-0.3, -0.25) is 4.90 Å². The Morgan fingerprint density at radius 1 is 1.19 bits per heavy atom. The SMILES string of the molecule is O=C1OC2(CCN1c1ccc(O)cc1)CC2. The first-order chi connectivity index (χ1) is 7.69. The first-order valence-corrected chi connectivity index (χ1v) is 5.48. The van der Waals surface area contributed by atoms with Crippen molar-refractivity contribution in [3.8, 4) is 5.75 Å². The van der Waals surface area contributed by atoms with E-state index in [0.29, 0.717) is 6.54 Å². The minimum absolute atomic E-state index is 0.134. The van der Waals surface area contributed by atoms with Crippen LogP contribution in [-0.4, -0.2) is 23.3 Å². The van der Waals surface area contributed by atoms with Crippen molar-refractivity contribution in [1.29, 1.82) is 0 Å². The third kappa shape index (κ3) is 1.50. The van der Waals surface area contributed by atoms with Gasteiger partial charge in [-0.2, -0.15) is 0 Å². The number of phenolic OH excluding ortho intramolecular Hbond substituents is 1. The van der Waals surface area contributed by atoms with E-state index >= 15 is 0 Å². The van der Waals surface area contributed by atoms with Crippen LogP contribution in [0.25, 0.3) is 0 Å². The molecular weight excluding hydrogens is 206 g/mol. The Morgan fingerprint density at radius 2 is 1.88 bits per heavy atom. The molecule has 0 aromatic heterocycles. The van der Waals surface area contributed by atoms with Crippen LogP contribution in [0, 0.1) is 0 Å². The van der Waals surface area contributed by atoms with E-state index in [0.717, 1.165) is 24.9 Å². The normalized spacial score (nSPS) is 22.0. The number of anilines is 1.